The number of carbonyl (C=O) groups excluding carboxylic acids is 4. The third kappa shape index (κ3) is 8.07. The van der Waals surface area contributed by atoms with Crippen LogP contribution in [0.1, 0.15) is 19.8 Å². The molecular weight excluding hydrogens is 311 g/mol. The maximum absolute atomic E-state index is 12.3. The van der Waals surface area contributed by atoms with Crippen molar-refractivity contribution in [2.45, 2.75) is 38.0 Å². The van der Waals surface area contributed by atoms with E-state index in [1.165, 1.54) is 0 Å². The fraction of sp³-hybridized carbons (Fsp3) is 0.636. The van der Waals surface area contributed by atoms with Crippen molar-refractivity contribution in [2.75, 3.05) is 7.11 Å². The van der Waals surface area contributed by atoms with E-state index in [9.17, 15) is 32.3 Å². The van der Waals surface area contributed by atoms with Gasteiger partial charge in [0.25, 0.3) is 0 Å². The second-order valence-electron chi connectivity index (χ2n) is 4.32. The second kappa shape index (κ2) is 8.20. The molecule has 8 nitrogen and oxygen atoms in total. The summed E-state index contributed by atoms with van der Waals surface area (Å²) in [4.78, 5) is 44.7. The van der Waals surface area contributed by atoms with Gasteiger partial charge in [-0.3, -0.25) is 14.4 Å². The highest BCUT2D eigenvalue weighted by atomic mass is 19.4. The monoisotopic (exact) mass is 327 g/mol. The molecule has 0 aliphatic heterocycles. The van der Waals surface area contributed by atoms with Gasteiger partial charge in [-0.1, -0.05) is 0 Å². The quantitative estimate of drug-likeness (QED) is 0.516. The Balaban J connectivity index is 4.83. The van der Waals surface area contributed by atoms with Crippen LogP contribution in [0.3, 0.4) is 0 Å². The van der Waals surface area contributed by atoms with Crippen molar-refractivity contribution in [3.63, 3.8) is 0 Å². The molecule has 126 valence electrons. The Morgan fingerprint density at radius 1 is 1.14 bits per heavy atom. The Bertz CT molecular complexity index is 453. The summed E-state index contributed by atoms with van der Waals surface area (Å²) in [7, 11) is 0.862. The zero-order valence-electron chi connectivity index (χ0n) is 11.8. The smallest absolute Gasteiger partial charge is 0.391 e. The summed E-state index contributed by atoms with van der Waals surface area (Å²) in [6.07, 6.45) is -7.06. The van der Waals surface area contributed by atoms with Crippen molar-refractivity contribution in [1.29, 1.82) is 0 Å². The number of amides is 3. The molecule has 0 rings (SSSR count). The molecule has 3 amide bonds. The van der Waals surface area contributed by atoms with Crippen molar-refractivity contribution in [3.05, 3.63) is 0 Å². The lowest BCUT2D eigenvalue weighted by Gasteiger charge is -2.19. The minimum atomic E-state index is -4.72. The fourth-order valence-electron chi connectivity index (χ4n) is 1.47. The molecule has 22 heavy (non-hydrogen) atoms. The maximum atomic E-state index is 12.3. The first-order chi connectivity index (χ1) is 9.96. The fourth-order valence-corrected chi connectivity index (χ4v) is 1.47. The number of nitrogens with two attached hydrogens (primary N) is 1. The summed E-state index contributed by atoms with van der Waals surface area (Å²) in [6.45, 7) is 1.06. The molecule has 0 aromatic heterocycles. The molecule has 0 spiro atoms. The van der Waals surface area contributed by atoms with Crippen molar-refractivity contribution in [1.82, 2.24) is 10.6 Å². The minimum Gasteiger partial charge on any atom is -0.467 e. The number of hydrogen-bond acceptors (Lipinski definition) is 5. The number of esters is 1. The first-order valence-electron chi connectivity index (χ1n) is 5.96. The standard InChI is InChI=1S/C11H16F3N3O5/c1-5(18)16-6(9(15)20)3-8(19)17-7(10(21)22-2)4-11(12,13)14/h6-7H,3-4H2,1-2H3,(H2,15,20)(H,16,18)(H,17,19)/t6-,7?/m0/s1. The molecule has 0 aliphatic carbocycles. The van der Waals surface area contributed by atoms with Crippen LogP contribution in [-0.4, -0.2) is 49.1 Å². The highest BCUT2D eigenvalue weighted by Gasteiger charge is 2.37. The average molecular weight is 327 g/mol. The van der Waals surface area contributed by atoms with Crippen LogP contribution in [-0.2, 0) is 23.9 Å². The van der Waals surface area contributed by atoms with Crippen LogP contribution in [0.15, 0.2) is 0 Å². The van der Waals surface area contributed by atoms with Crippen molar-refractivity contribution in [3.8, 4) is 0 Å². The second-order valence-corrected chi connectivity index (χ2v) is 4.32. The number of alkyl halides is 3. The molecule has 11 heteroatoms. The van der Waals surface area contributed by atoms with Crippen LogP contribution < -0.4 is 16.4 Å². The summed E-state index contributed by atoms with van der Waals surface area (Å²) in [5, 5.41) is 3.85. The number of methoxy groups -OCH3 is 1. The predicted molar refractivity (Wildman–Crippen MR) is 66.0 cm³/mol. The summed E-state index contributed by atoms with van der Waals surface area (Å²) < 4.78 is 41.1. The van der Waals surface area contributed by atoms with Gasteiger partial charge in [0.15, 0.2) is 0 Å². The molecule has 0 aliphatic rings. The largest absolute Gasteiger partial charge is 0.467 e. The van der Waals surface area contributed by atoms with Gasteiger partial charge in [-0.05, 0) is 0 Å². The predicted octanol–water partition coefficient (Wildman–Crippen LogP) is -1.02. The number of carbonyl (C=O) groups is 4. The summed E-state index contributed by atoms with van der Waals surface area (Å²) >= 11 is 0. The third-order valence-electron chi connectivity index (χ3n) is 2.37. The molecule has 0 bridgehead atoms. The van der Waals surface area contributed by atoms with Gasteiger partial charge >= 0.3 is 12.1 Å². The van der Waals surface area contributed by atoms with E-state index in [0.717, 1.165) is 14.0 Å². The van der Waals surface area contributed by atoms with E-state index in [4.69, 9.17) is 5.73 Å². The molecule has 0 aromatic rings. The van der Waals surface area contributed by atoms with E-state index in [2.05, 4.69) is 10.1 Å². The Kier molecular flexibility index (Phi) is 7.33. The van der Waals surface area contributed by atoms with Crippen LogP contribution in [0, 0.1) is 0 Å². The van der Waals surface area contributed by atoms with Gasteiger partial charge in [0.05, 0.1) is 20.0 Å². The SMILES string of the molecule is COC(=O)C(CC(F)(F)F)NC(=O)C[C@H](NC(C)=O)C(N)=O. The first-order valence-corrected chi connectivity index (χ1v) is 5.96. The number of primary amides is 1. The molecular formula is C11H16F3N3O5. The maximum Gasteiger partial charge on any atom is 0.391 e. The molecule has 0 fully saturated rings. The van der Waals surface area contributed by atoms with E-state index in [0.29, 0.717) is 0 Å². The Morgan fingerprint density at radius 2 is 1.68 bits per heavy atom. The van der Waals surface area contributed by atoms with Crippen LogP contribution in [0.5, 0.6) is 0 Å². The van der Waals surface area contributed by atoms with Crippen LogP contribution in [0.2, 0.25) is 0 Å². The summed E-state index contributed by atoms with van der Waals surface area (Å²) in [6, 6.07) is -3.36. The molecule has 0 aromatic carbocycles. The lowest BCUT2D eigenvalue weighted by atomic mass is 10.1. The first kappa shape index (κ1) is 19.7. The highest BCUT2D eigenvalue weighted by molar-refractivity contribution is 5.92. The van der Waals surface area contributed by atoms with Crippen LogP contribution in [0.25, 0.3) is 0 Å². The van der Waals surface area contributed by atoms with E-state index in [1.54, 1.807) is 5.32 Å². The molecule has 0 saturated carbocycles. The van der Waals surface area contributed by atoms with Gasteiger partial charge in [-0.2, -0.15) is 13.2 Å². The molecule has 2 atom stereocenters. The molecule has 0 saturated heterocycles. The van der Waals surface area contributed by atoms with Crippen LogP contribution >= 0.6 is 0 Å². The van der Waals surface area contributed by atoms with Gasteiger partial charge in [0.2, 0.25) is 17.7 Å². The Labute approximate surface area is 123 Å². The van der Waals surface area contributed by atoms with Crippen molar-refractivity contribution >= 4 is 23.7 Å². The Hall–Kier alpha value is -2.33. The molecule has 4 N–H and O–H groups in total. The number of halogens is 3. The Morgan fingerprint density at radius 3 is 2.05 bits per heavy atom. The van der Waals surface area contributed by atoms with Crippen LogP contribution in [0.4, 0.5) is 13.2 Å². The van der Waals surface area contributed by atoms with Crippen molar-refractivity contribution < 1.29 is 37.1 Å². The lowest BCUT2D eigenvalue weighted by Crippen LogP contribution is -2.49. The zero-order valence-corrected chi connectivity index (χ0v) is 11.8. The number of hydrogen-bond donors (Lipinski definition) is 3. The number of ether oxygens (including phenoxy) is 1. The van der Waals surface area contributed by atoms with Gasteiger partial charge in [-0.15, -0.1) is 0 Å². The van der Waals surface area contributed by atoms with E-state index in [-0.39, 0.29) is 0 Å². The van der Waals surface area contributed by atoms with E-state index >= 15 is 0 Å². The van der Waals surface area contributed by atoms with E-state index < -0.39 is 54.8 Å². The van der Waals surface area contributed by atoms with Crippen molar-refractivity contribution in [2.24, 2.45) is 5.73 Å². The molecule has 0 heterocycles. The molecule has 1 unspecified atom stereocenters. The molecule has 0 radical (unpaired) electrons. The van der Waals surface area contributed by atoms with E-state index in [1.807, 2.05) is 0 Å². The highest BCUT2D eigenvalue weighted by Crippen LogP contribution is 2.22. The summed E-state index contributed by atoms with van der Waals surface area (Å²) in [5.74, 6) is -4.06. The van der Waals surface area contributed by atoms with Gasteiger partial charge in [0.1, 0.15) is 12.1 Å². The minimum absolute atomic E-state index is 0.656. The van der Waals surface area contributed by atoms with Gasteiger partial charge in [-0.25, -0.2) is 4.79 Å². The number of nitrogens with one attached hydrogen (secondary N) is 2. The van der Waals surface area contributed by atoms with Gasteiger partial charge < -0.3 is 21.1 Å². The normalized spacial score (nSPS) is 13.7. The van der Waals surface area contributed by atoms with Gasteiger partial charge in [0, 0.05) is 6.92 Å². The lowest BCUT2D eigenvalue weighted by molar-refractivity contribution is -0.162. The topological polar surface area (TPSA) is 128 Å². The number of rotatable bonds is 7. The third-order valence-corrected chi connectivity index (χ3v) is 2.37. The summed E-state index contributed by atoms with van der Waals surface area (Å²) in [5.41, 5.74) is 4.95. The average Bonchev–Trinajstić information content (AvgIpc) is 2.33. The zero-order chi connectivity index (χ0) is 17.5.